The van der Waals surface area contributed by atoms with Crippen LogP contribution < -0.4 is 5.32 Å². The molecule has 0 bridgehead atoms. The quantitative estimate of drug-likeness (QED) is 0.236. The van der Waals surface area contributed by atoms with Crippen molar-refractivity contribution in [3.63, 3.8) is 0 Å². The molecular weight excluding hydrogens is 452 g/mol. The standard InChI is InChI=1S/C25H24N4O2S2/c1-2-22(24(31)26-18-13-15-20(30)16-14-18)33-25-28-27-23(17-32-21-11-7-4-8-12-21)29(25)19-9-5-3-6-10-19/h3-16,22,30H,2,17H2,1H3,(H,26,31). The first-order chi connectivity index (χ1) is 16.1. The number of nitrogens with zero attached hydrogens (tertiary/aromatic N) is 3. The lowest BCUT2D eigenvalue weighted by Gasteiger charge is -2.16. The van der Waals surface area contributed by atoms with Gasteiger partial charge in [-0.25, -0.2) is 0 Å². The highest BCUT2D eigenvalue weighted by atomic mass is 32.2. The van der Waals surface area contributed by atoms with Gasteiger partial charge >= 0.3 is 0 Å². The van der Waals surface area contributed by atoms with Crippen molar-refractivity contribution in [3.05, 3.63) is 90.8 Å². The summed E-state index contributed by atoms with van der Waals surface area (Å²) in [4.78, 5) is 14.1. The molecule has 168 valence electrons. The molecule has 1 unspecified atom stereocenters. The first kappa shape index (κ1) is 22.9. The van der Waals surface area contributed by atoms with E-state index in [2.05, 4.69) is 27.6 Å². The number of hydrogen-bond donors (Lipinski definition) is 2. The van der Waals surface area contributed by atoms with Crippen LogP contribution in [-0.4, -0.2) is 31.0 Å². The molecule has 0 radical (unpaired) electrons. The Balaban J connectivity index is 1.56. The highest BCUT2D eigenvalue weighted by molar-refractivity contribution is 8.00. The lowest BCUT2D eigenvalue weighted by Crippen LogP contribution is -2.25. The number of nitrogens with one attached hydrogen (secondary N) is 1. The third kappa shape index (κ3) is 5.97. The molecule has 0 aliphatic carbocycles. The van der Waals surface area contributed by atoms with Crippen LogP contribution in [0.4, 0.5) is 5.69 Å². The van der Waals surface area contributed by atoms with E-state index in [1.54, 1.807) is 36.0 Å². The van der Waals surface area contributed by atoms with Crippen LogP contribution in [0.3, 0.4) is 0 Å². The number of phenols is 1. The molecule has 3 aromatic carbocycles. The molecule has 0 aliphatic rings. The second-order valence-corrected chi connectivity index (χ2v) is 9.44. The van der Waals surface area contributed by atoms with Gasteiger partial charge in [-0.3, -0.25) is 9.36 Å². The summed E-state index contributed by atoms with van der Waals surface area (Å²) in [6, 6.07) is 26.6. The van der Waals surface area contributed by atoms with Gasteiger partial charge < -0.3 is 10.4 Å². The van der Waals surface area contributed by atoms with E-state index in [-0.39, 0.29) is 16.9 Å². The van der Waals surface area contributed by atoms with E-state index >= 15 is 0 Å². The second kappa shape index (κ2) is 11.1. The minimum atomic E-state index is -0.347. The number of carbonyl (C=O) groups is 1. The maximum absolute atomic E-state index is 12.9. The van der Waals surface area contributed by atoms with Gasteiger partial charge in [-0.2, -0.15) is 0 Å². The van der Waals surface area contributed by atoms with E-state index in [1.165, 1.54) is 11.8 Å². The number of amides is 1. The molecule has 0 saturated heterocycles. The Morgan fingerprint density at radius 3 is 2.30 bits per heavy atom. The molecule has 0 fully saturated rings. The molecule has 1 atom stereocenters. The fraction of sp³-hybridized carbons (Fsp3) is 0.160. The van der Waals surface area contributed by atoms with E-state index in [4.69, 9.17) is 0 Å². The Hall–Kier alpha value is -3.23. The highest BCUT2D eigenvalue weighted by Gasteiger charge is 2.23. The Labute approximate surface area is 201 Å². The molecular formula is C25H24N4O2S2. The fourth-order valence-electron chi connectivity index (χ4n) is 3.19. The van der Waals surface area contributed by atoms with Crippen LogP contribution in [0, 0.1) is 0 Å². The van der Waals surface area contributed by atoms with E-state index in [0.29, 0.717) is 23.0 Å². The number of rotatable bonds is 9. The fourth-order valence-corrected chi connectivity index (χ4v) is 5.01. The summed E-state index contributed by atoms with van der Waals surface area (Å²) in [5, 5.41) is 21.6. The molecule has 1 aromatic heterocycles. The van der Waals surface area contributed by atoms with Crippen molar-refractivity contribution >= 4 is 35.1 Å². The number of para-hydroxylation sites is 1. The Bertz CT molecular complexity index is 1180. The predicted octanol–water partition coefficient (Wildman–Crippen LogP) is 5.77. The molecule has 0 spiro atoms. The first-order valence-corrected chi connectivity index (χ1v) is 12.4. The Kier molecular flexibility index (Phi) is 7.70. The maximum atomic E-state index is 12.9. The van der Waals surface area contributed by atoms with Crippen LogP contribution in [0.1, 0.15) is 19.2 Å². The lowest BCUT2D eigenvalue weighted by molar-refractivity contribution is -0.115. The largest absolute Gasteiger partial charge is 0.508 e. The van der Waals surface area contributed by atoms with Gasteiger partial charge in [0.05, 0.1) is 11.0 Å². The summed E-state index contributed by atoms with van der Waals surface area (Å²) in [5.41, 5.74) is 1.60. The molecule has 2 N–H and O–H groups in total. The van der Waals surface area contributed by atoms with Crippen molar-refractivity contribution in [1.82, 2.24) is 14.8 Å². The number of phenolic OH excluding ortho intramolecular Hbond substituents is 1. The Morgan fingerprint density at radius 2 is 1.64 bits per heavy atom. The first-order valence-electron chi connectivity index (χ1n) is 10.6. The average Bonchev–Trinajstić information content (AvgIpc) is 3.26. The number of anilines is 1. The van der Waals surface area contributed by atoms with Gasteiger partial charge in [0, 0.05) is 16.3 Å². The molecule has 1 heterocycles. The number of benzene rings is 3. The number of thioether (sulfide) groups is 2. The topological polar surface area (TPSA) is 80.0 Å². The van der Waals surface area contributed by atoms with E-state index < -0.39 is 0 Å². The average molecular weight is 477 g/mol. The molecule has 0 saturated carbocycles. The summed E-state index contributed by atoms with van der Waals surface area (Å²) >= 11 is 3.10. The zero-order valence-corrected chi connectivity index (χ0v) is 19.7. The summed E-state index contributed by atoms with van der Waals surface area (Å²) in [6.07, 6.45) is 0.629. The monoisotopic (exact) mass is 476 g/mol. The Morgan fingerprint density at radius 1 is 0.970 bits per heavy atom. The van der Waals surface area contributed by atoms with Crippen LogP contribution in [-0.2, 0) is 10.5 Å². The molecule has 4 rings (SSSR count). The normalized spacial score (nSPS) is 11.8. The van der Waals surface area contributed by atoms with Crippen LogP contribution >= 0.6 is 23.5 Å². The molecule has 0 aliphatic heterocycles. The van der Waals surface area contributed by atoms with Gasteiger partial charge in [-0.1, -0.05) is 55.1 Å². The van der Waals surface area contributed by atoms with Crippen molar-refractivity contribution in [3.8, 4) is 11.4 Å². The number of hydrogen-bond acceptors (Lipinski definition) is 6. The molecule has 1 amide bonds. The van der Waals surface area contributed by atoms with E-state index in [0.717, 1.165) is 16.4 Å². The van der Waals surface area contributed by atoms with Crippen molar-refractivity contribution in [2.45, 2.75) is 34.4 Å². The van der Waals surface area contributed by atoms with Crippen LogP contribution in [0.15, 0.2) is 95.0 Å². The zero-order chi connectivity index (χ0) is 23.0. The van der Waals surface area contributed by atoms with Gasteiger partial charge in [-0.15, -0.1) is 22.0 Å². The van der Waals surface area contributed by atoms with Crippen molar-refractivity contribution in [2.24, 2.45) is 0 Å². The van der Waals surface area contributed by atoms with Gasteiger partial charge in [0.15, 0.2) is 5.16 Å². The van der Waals surface area contributed by atoms with Gasteiger partial charge in [-0.05, 0) is 55.0 Å². The van der Waals surface area contributed by atoms with E-state index in [9.17, 15) is 9.90 Å². The van der Waals surface area contributed by atoms with Crippen molar-refractivity contribution in [1.29, 1.82) is 0 Å². The molecule has 8 heteroatoms. The van der Waals surface area contributed by atoms with Crippen molar-refractivity contribution < 1.29 is 9.90 Å². The summed E-state index contributed by atoms with van der Waals surface area (Å²) in [7, 11) is 0. The lowest BCUT2D eigenvalue weighted by atomic mass is 10.2. The zero-order valence-electron chi connectivity index (χ0n) is 18.1. The van der Waals surface area contributed by atoms with E-state index in [1.807, 2.05) is 60.0 Å². The third-order valence-corrected chi connectivity index (χ3v) is 7.19. The summed E-state index contributed by atoms with van der Waals surface area (Å²) in [5.74, 6) is 1.52. The van der Waals surface area contributed by atoms with Gasteiger partial charge in [0.1, 0.15) is 11.6 Å². The third-order valence-electron chi connectivity index (χ3n) is 4.87. The molecule has 6 nitrogen and oxygen atoms in total. The van der Waals surface area contributed by atoms with Gasteiger partial charge in [0.2, 0.25) is 5.91 Å². The minimum absolute atomic E-state index is 0.115. The maximum Gasteiger partial charge on any atom is 0.237 e. The highest BCUT2D eigenvalue weighted by Crippen LogP contribution is 2.31. The van der Waals surface area contributed by atoms with Gasteiger partial charge in [0.25, 0.3) is 0 Å². The van der Waals surface area contributed by atoms with Crippen LogP contribution in [0.5, 0.6) is 5.75 Å². The predicted molar refractivity (Wildman–Crippen MR) is 134 cm³/mol. The second-order valence-electron chi connectivity index (χ2n) is 7.22. The molecule has 4 aromatic rings. The summed E-state index contributed by atoms with van der Waals surface area (Å²) < 4.78 is 2.02. The summed E-state index contributed by atoms with van der Waals surface area (Å²) in [6.45, 7) is 1.98. The van der Waals surface area contributed by atoms with Crippen molar-refractivity contribution in [2.75, 3.05) is 5.32 Å². The number of carbonyl (C=O) groups excluding carboxylic acids is 1. The van der Waals surface area contributed by atoms with Crippen LogP contribution in [0.25, 0.3) is 5.69 Å². The molecule has 33 heavy (non-hydrogen) atoms. The smallest absolute Gasteiger partial charge is 0.237 e. The SMILES string of the molecule is CCC(Sc1nnc(CSc2ccccc2)n1-c1ccccc1)C(=O)Nc1ccc(O)cc1. The number of aromatic nitrogens is 3. The number of aromatic hydroxyl groups is 1. The van der Waals surface area contributed by atoms with Crippen LogP contribution in [0.2, 0.25) is 0 Å². The minimum Gasteiger partial charge on any atom is -0.508 e.